The first-order valence-corrected chi connectivity index (χ1v) is 7.54. The van der Waals surface area contributed by atoms with Crippen molar-refractivity contribution in [3.8, 4) is 5.75 Å². The Hall–Kier alpha value is -1.54. The minimum atomic E-state index is -0.238. The second-order valence-electron chi connectivity index (χ2n) is 4.66. The fourth-order valence-electron chi connectivity index (χ4n) is 1.74. The molecule has 0 bridgehead atoms. The highest BCUT2D eigenvalue weighted by molar-refractivity contribution is 6.31. The van der Waals surface area contributed by atoms with Crippen LogP contribution in [0.25, 0.3) is 0 Å². The topological polar surface area (TPSA) is 88.7 Å². The van der Waals surface area contributed by atoms with Gasteiger partial charge in [0.15, 0.2) is 0 Å². The van der Waals surface area contributed by atoms with Crippen molar-refractivity contribution in [1.29, 1.82) is 0 Å². The van der Waals surface area contributed by atoms with E-state index in [9.17, 15) is 9.59 Å². The Bertz CT molecular complexity index is 529. The number of methoxy groups -OCH3 is 2. The largest absolute Gasteiger partial charge is 0.495 e. The van der Waals surface area contributed by atoms with E-state index >= 15 is 0 Å². The van der Waals surface area contributed by atoms with E-state index in [4.69, 9.17) is 21.1 Å². The van der Waals surface area contributed by atoms with Crippen molar-refractivity contribution in [3.63, 3.8) is 0 Å². The lowest BCUT2D eigenvalue weighted by Gasteiger charge is -2.11. The predicted octanol–water partition coefficient (Wildman–Crippen LogP) is 1.45. The molecular weight excluding hydrogens is 357 g/mol. The molecule has 0 fully saturated rings. The smallest absolute Gasteiger partial charge is 0.233 e. The summed E-state index contributed by atoms with van der Waals surface area (Å²) in [6, 6.07) is 4.95. The fraction of sp³-hybridized carbons (Fsp3) is 0.467. The van der Waals surface area contributed by atoms with Crippen molar-refractivity contribution in [2.45, 2.75) is 6.42 Å². The summed E-state index contributed by atoms with van der Waals surface area (Å²) < 4.78 is 10.00. The number of hydrogen-bond donors (Lipinski definition) is 3. The van der Waals surface area contributed by atoms with Crippen molar-refractivity contribution in [2.24, 2.45) is 0 Å². The van der Waals surface area contributed by atoms with Crippen LogP contribution in [0.2, 0.25) is 5.02 Å². The number of carbonyl (C=O) groups is 2. The van der Waals surface area contributed by atoms with E-state index in [1.54, 1.807) is 25.3 Å². The van der Waals surface area contributed by atoms with Crippen molar-refractivity contribution in [1.82, 2.24) is 10.6 Å². The normalized spacial score (nSPS) is 9.79. The molecule has 0 spiro atoms. The lowest BCUT2D eigenvalue weighted by molar-refractivity contribution is -0.120. The zero-order valence-electron chi connectivity index (χ0n) is 13.7. The fourth-order valence-corrected chi connectivity index (χ4v) is 1.92. The van der Waals surface area contributed by atoms with Crippen molar-refractivity contribution in [3.05, 3.63) is 23.2 Å². The number of ether oxygens (including phenoxy) is 2. The second-order valence-corrected chi connectivity index (χ2v) is 5.10. The lowest BCUT2D eigenvalue weighted by Crippen LogP contribution is -2.36. The highest BCUT2D eigenvalue weighted by Gasteiger charge is 2.09. The predicted molar refractivity (Wildman–Crippen MR) is 96.3 cm³/mol. The van der Waals surface area contributed by atoms with Gasteiger partial charge >= 0.3 is 0 Å². The Balaban J connectivity index is 0.00000529. The van der Waals surface area contributed by atoms with Crippen LogP contribution in [0.15, 0.2) is 18.2 Å². The number of nitrogens with one attached hydrogen (secondary N) is 3. The van der Waals surface area contributed by atoms with Crippen LogP contribution in [0.3, 0.4) is 0 Å². The van der Waals surface area contributed by atoms with Gasteiger partial charge in [0.1, 0.15) is 5.75 Å². The van der Waals surface area contributed by atoms with E-state index in [0.29, 0.717) is 29.6 Å². The highest BCUT2D eigenvalue weighted by atomic mass is 35.5. The van der Waals surface area contributed by atoms with Gasteiger partial charge in [-0.3, -0.25) is 9.59 Å². The van der Waals surface area contributed by atoms with Gasteiger partial charge in [0.05, 0.1) is 25.9 Å². The number of amides is 2. The van der Waals surface area contributed by atoms with Crippen LogP contribution < -0.4 is 20.7 Å². The van der Waals surface area contributed by atoms with Gasteiger partial charge in [-0.05, 0) is 18.2 Å². The summed E-state index contributed by atoms with van der Waals surface area (Å²) in [5.74, 6) is 0.113. The molecule has 0 aliphatic heterocycles. The van der Waals surface area contributed by atoms with E-state index < -0.39 is 0 Å². The SMILES string of the molecule is COCCNCC(=O)NCCC(=O)Nc1cc(Cl)ccc1OC.Cl. The van der Waals surface area contributed by atoms with Crippen molar-refractivity contribution >= 4 is 41.5 Å². The van der Waals surface area contributed by atoms with Crippen LogP contribution in [0.4, 0.5) is 5.69 Å². The maximum absolute atomic E-state index is 11.9. The summed E-state index contributed by atoms with van der Waals surface area (Å²) in [6.07, 6.45) is 0.152. The third-order valence-corrected chi connectivity index (χ3v) is 3.11. The molecule has 0 saturated heterocycles. The Morgan fingerprint density at radius 3 is 2.58 bits per heavy atom. The van der Waals surface area contributed by atoms with Crippen LogP contribution in [-0.2, 0) is 14.3 Å². The summed E-state index contributed by atoms with van der Waals surface area (Å²) in [5, 5.41) is 8.77. The van der Waals surface area contributed by atoms with Crippen LogP contribution in [0, 0.1) is 0 Å². The molecule has 1 aromatic rings. The number of benzene rings is 1. The third-order valence-electron chi connectivity index (χ3n) is 2.88. The molecule has 24 heavy (non-hydrogen) atoms. The minimum Gasteiger partial charge on any atom is -0.495 e. The quantitative estimate of drug-likeness (QED) is 0.535. The molecule has 0 aliphatic rings. The molecule has 0 radical (unpaired) electrons. The van der Waals surface area contributed by atoms with Gasteiger partial charge < -0.3 is 25.4 Å². The van der Waals surface area contributed by atoms with Gasteiger partial charge in [0.25, 0.3) is 0 Å². The number of anilines is 1. The van der Waals surface area contributed by atoms with E-state index in [1.807, 2.05) is 0 Å². The number of carbonyl (C=O) groups excluding carboxylic acids is 2. The molecule has 0 aromatic heterocycles. The maximum Gasteiger partial charge on any atom is 0.233 e. The third kappa shape index (κ3) is 8.93. The van der Waals surface area contributed by atoms with Crippen molar-refractivity contribution < 1.29 is 19.1 Å². The number of halogens is 2. The zero-order chi connectivity index (χ0) is 17.1. The molecule has 7 nitrogen and oxygen atoms in total. The summed E-state index contributed by atoms with van der Waals surface area (Å²) >= 11 is 5.89. The average Bonchev–Trinajstić information content (AvgIpc) is 2.52. The Kier molecular flexibility index (Phi) is 12.0. The van der Waals surface area contributed by atoms with Crippen LogP contribution >= 0.6 is 24.0 Å². The van der Waals surface area contributed by atoms with Gasteiger partial charge in [0, 0.05) is 31.6 Å². The molecule has 2 amide bonds. The molecule has 1 rings (SSSR count). The van der Waals surface area contributed by atoms with Gasteiger partial charge in [-0.15, -0.1) is 12.4 Å². The monoisotopic (exact) mass is 379 g/mol. The molecular formula is C15H23Cl2N3O4. The molecule has 0 unspecified atom stereocenters. The van der Waals surface area contributed by atoms with Gasteiger partial charge in [-0.25, -0.2) is 0 Å². The first kappa shape index (κ1) is 22.5. The van der Waals surface area contributed by atoms with E-state index in [-0.39, 0.29) is 43.7 Å². The molecule has 9 heteroatoms. The molecule has 3 N–H and O–H groups in total. The summed E-state index contributed by atoms with van der Waals surface area (Å²) in [4.78, 5) is 23.4. The second kappa shape index (κ2) is 12.8. The maximum atomic E-state index is 11.9. The molecule has 136 valence electrons. The van der Waals surface area contributed by atoms with Gasteiger partial charge in [0.2, 0.25) is 11.8 Å². The summed E-state index contributed by atoms with van der Waals surface area (Å²) in [7, 11) is 3.10. The number of rotatable bonds is 10. The molecule has 0 aliphatic carbocycles. The summed E-state index contributed by atoms with van der Waals surface area (Å²) in [5.41, 5.74) is 0.498. The van der Waals surface area contributed by atoms with E-state index in [1.165, 1.54) is 7.11 Å². The first-order chi connectivity index (χ1) is 11.1. The molecule has 1 aromatic carbocycles. The Labute approximate surface area is 152 Å². The van der Waals surface area contributed by atoms with Crippen LogP contribution in [0.5, 0.6) is 5.75 Å². The molecule has 0 heterocycles. The molecule has 0 atom stereocenters. The molecule has 0 saturated carbocycles. The Morgan fingerprint density at radius 1 is 1.17 bits per heavy atom. The van der Waals surface area contributed by atoms with Crippen LogP contribution in [-0.4, -0.2) is 52.3 Å². The van der Waals surface area contributed by atoms with Crippen molar-refractivity contribution in [2.75, 3.05) is 45.8 Å². The van der Waals surface area contributed by atoms with E-state index in [0.717, 1.165) is 0 Å². The Morgan fingerprint density at radius 2 is 1.92 bits per heavy atom. The van der Waals surface area contributed by atoms with Gasteiger partial charge in [-0.2, -0.15) is 0 Å². The minimum absolute atomic E-state index is 0. The number of hydrogen-bond acceptors (Lipinski definition) is 5. The average molecular weight is 380 g/mol. The van der Waals surface area contributed by atoms with Crippen LogP contribution in [0.1, 0.15) is 6.42 Å². The standard InChI is InChI=1S/C15H22ClN3O4.ClH/c1-22-8-7-17-10-15(21)18-6-5-14(20)19-12-9-11(16)3-4-13(12)23-2;/h3-4,9,17H,5-8,10H2,1-2H3,(H,18,21)(H,19,20);1H. The lowest BCUT2D eigenvalue weighted by atomic mass is 10.2. The summed E-state index contributed by atoms with van der Waals surface area (Å²) in [6.45, 7) is 1.57. The van der Waals surface area contributed by atoms with E-state index in [2.05, 4.69) is 16.0 Å². The first-order valence-electron chi connectivity index (χ1n) is 7.16. The zero-order valence-corrected chi connectivity index (χ0v) is 15.3. The van der Waals surface area contributed by atoms with Gasteiger partial charge in [-0.1, -0.05) is 11.6 Å². The highest BCUT2D eigenvalue weighted by Crippen LogP contribution is 2.27.